The monoisotopic (exact) mass is 344 g/mol. The van der Waals surface area contributed by atoms with Crippen molar-refractivity contribution >= 4 is 16.8 Å². The molecule has 1 unspecified atom stereocenters. The highest BCUT2D eigenvalue weighted by molar-refractivity contribution is 5.98. The maximum atomic E-state index is 12.9. The number of amides is 1. The Hall–Kier alpha value is -2.81. The van der Waals surface area contributed by atoms with Gasteiger partial charge in [0.1, 0.15) is 0 Å². The number of carbonyl (C=O) groups excluding carboxylic acids is 1. The number of benzene rings is 2. The molecular formula is C23H24N2O. The molecule has 0 bridgehead atoms. The fourth-order valence-electron chi connectivity index (χ4n) is 4.09. The third kappa shape index (κ3) is 2.64. The molecule has 1 N–H and O–H groups in total. The Bertz CT molecular complexity index is 997. The van der Waals surface area contributed by atoms with Crippen molar-refractivity contribution in [3.63, 3.8) is 0 Å². The van der Waals surface area contributed by atoms with Crippen LogP contribution in [-0.4, -0.2) is 22.3 Å². The number of rotatable bonds is 4. The third-order valence-corrected chi connectivity index (χ3v) is 5.60. The van der Waals surface area contributed by atoms with E-state index in [1.54, 1.807) is 0 Å². The van der Waals surface area contributed by atoms with Crippen LogP contribution in [0.5, 0.6) is 0 Å². The van der Waals surface area contributed by atoms with E-state index >= 15 is 0 Å². The molecule has 1 atom stereocenters. The summed E-state index contributed by atoms with van der Waals surface area (Å²) in [5.74, 6) is 0.160. The van der Waals surface area contributed by atoms with Gasteiger partial charge in [0, 0.05) is 34.3 Å². The normalized spacial score (nSPS) is 17.6. The van der Waals surface area contributed by atoms with Crippen LogP contribution >= 0.6 is 0 Å². The molecule has 2 heterocycles. The van der Waals surface area contributed by atoms with Crippen LogP contribution in [0.25, 0.3) is 10.9 Å². The number of hydrogen-bond acceptors (Lipinski definition) is 1. The zero-order chi connectivity index (χ0) is 18.3. The number of para-hydroxylation sites is 1. The smallest absolute Gasteiger partial charge is 0.250 e. The predicted molar refractivity (Wildman–Crippen MR) is 106 cm³/mol. The lowest BCUT2D eigenvalue weighted by Crippen LogP contribution is -2.32. The Kier molecular flexibility index (Phi) is 4.15. The molecule has 3 heteroatoms. The fraction of sp³-hybridized carbons (Fsp3) is 0.261. The molecule has 1 amide bonds. The number of hydrogen-bond donors (Lipinski definition) is 1. The Labute approximate surface area is 154 Å². The van der Waals surface area contributed by atoms with Gasteiger partial charge in [0.2, 0.25) is 5.91 Å². The summed E-state index contributed by atoms with van der Waals surface area (Å²) in [5.41, 5.74) is 6.81. The van der Waals surface area contributed by atoms with Gasteiger partial charge in [-0.25, -0.2) is 0 Å². The maximum Gasteiger partial charge on any atom is 0.250 e. The number of aryl methyl sites for hydroxylation is 1. The summed E-state index contributed by atoms with van der Waals surface area (Å²) >= 11 is 0. The van der Waals surface area contributed by atoms with Crippen molar-refractivity contribution in [1.82, 2.24) is 9.88 Å². The number of aromatic amines is 1. The Morgan fingerprint density at radius 2 is 1.65 bits per heavy atom. The van der Waals surface area contributed by atoms with Gasteiger partial charge < -0.3 is 9.88 Å². The molecule has 1 aromatic heterocycles. The van der Waals surface area contributed by atoms with Crippen molar-refractivity contribution in [3.8, 4) is 0 Å². The molecule has 2 aromatic carbocycles. The first-order valence-electron chi connectivity index (χ1n) is 9.17. The van der Waals surface area contributed by atoms with E-state index < -0.39 is 0 Å². The van der Waals surface area contributed by atoms with Crippen LogP contribution in [0.2, 0.25) is 0 Å². The minimum absolute atomic E-state index is 0.0161. The highest BCUT2D eigenvalue weighted by atomic mass is 16.2. The molecular weight excluding hydrogens is 320 g/mol. The lowest BCUT2D eigenvalue weighted by Gasteiger charge is -2.27. The van der Waals surface area contributed by atoms with Gasteiger partial charge in [0.15, 0.2) is 0 Å². The number of carbonyl (C=O) groups is 1. The Morgan fingerprint density at radius 1 is 0.962 bits per heavy atom. The highest BCUT2D eigenvalue weighted by Crippen LogP contribution is 2.41. The van der Waals surface area contributed by atoms with E-state index in [1.165, 1.54) is 16.5 Å². The van der Waals surface area contributed by atoms with Crippen LogP contribution in [0.15, 0.2) is 65.7 Å². The molecule has 1 aliphatic rings. The van der Waals surface area contributed by atoms with Crippen LogP contribution in [0.3, 0.4) is 0 Å². The number of nitrogens with zero attached hydrogens (tertiary/aromatic N) is 1. The van der Waals surface area contributed by atoms with Gasteiger partial charge in [0.25, 0.3) is 0 Å². The van der Waals surface area contributed by atoms with Crippen molar-refractivity contribution in [3.05, 3.63) is 82.6 Å². The van der Waals surface area contributed by atoms with Gasteiger partial charge in [0.05, 0.1) is 6.04 Å². The Morgan fingerprint density at radius 3 is 2.42 bits per heavy atom. The lowest BCUT2D eigenvalue weighted by atomic mass is 9.96. The summed E-state index contributed by atoms with van der Waals surface area (Å²) in [5, 5.41) is 1.21. The molecule has 3 nitrogen and oxygen atoms in total. The average molecular weight is 344 g/mol. The second-order valence-electron chi connectivity index (χ2n) is 7.15. The van der Waals surface area contributed by atoms with E-state index in [1.807, 2.05) is 24.0 Å². The Balaban J connectivity index is 1.73. The van der Waals surface area contributed by atoms with Crippen LogP contribution in [-0.2, 0) is 11.2 Å². The molecule has 4 rings (SSSR count). The van der Waals surface area contributed by atoms with Gasteiger partial charge in [-0.3, -0.25) is 4.79 Å². The van der Waals surface area contributed by atoms with Crippen molar-refractivity contribution < 1.29 is 4.79 Å². The van der Waals surface area contributed by atoms with E-state index in [9.17, 15) is 4.79 Å². The second kappa shape index (κ2) is 6.49. The minimum atomic E-state index is 0.0161. The van der Waals surface area contributed by atoms with Gasteiger partial charge >= 0.3 is 0 Å². The van der Waals surface area contributed by atoms with Gasteiger partial charge in [-0.2, -0.15) is 0 Å². The minimum Gasteiger partial charge on any atom is -0.358 e. The largest absolute Gasteiger partial charge is 0.358 e. The van der Waals surface area contributed by atoms with Gasteiger partial charge in [-0.1, -0.05) is 48.5 Å². The lowest BCUT2D eigenvalue weighted by molar-refractivity contribution is -0.127. The fourth-order valence-corrected chi connectivity index (χ4v) is 4.09. The molecule has 0 saturated carbocycles. The molecule has 0 spiro atoms. The SMILES string of the molecule is CC1=C(C)C(c2c(C)[nH]c3ccccc23)N(CCc2ccccc2)C1=O. The number of nitrogens with one attached hydrogen (secondary N) is 1. The van der Waals surface area contributed by atoms with Crippen LogP contribution in [0, 0.1) is 6.92 Å². The first kappa shape index (κ1) is 16.6. The third-order valence-electron chi connectivity index (χ3n) is 5.60. The summed E-state index contributed by atoms with van der Waals surface area (Å²) in [7, 11) is 0. The summed E-state index contributed by atoms with van der Waals surface area (Å²) in [4.78, 5) is 18.5. The highest BCUT2D eigenvalue weighted by Gasteiger charge is 2.37. The van der Waals surface area contributed by atoms with Crippen molar-refractivity contribution in [1.29, 1.82) is 0 Å². The van der Waals surface area contributed by atoms with Crippen molar-refractivity contribution in [2.45, 2.75) is 33.2 Å². The van der Waals surface area contributed by atoms with Crippen LogP contribution in [0.4, 0.5) is 0 Å². The summed E-state index contributed by atoms with van der Waals surface area (Å²) in [6.07, 6.45) is 0.866. The molecule has 0 aliphatic carbocycles. The van der Waals surface area contributed by atoms with E-state index in [0.717, 1.165) is 35.3 Å². The average Bonchev–Trinajstić information content (AvgIpc) is 3.09. The molecule has 3 aromatic rings. The zero-order valence-electron chi connectivity index (χ0n) is 15.5. The second-order valence-corrected chi connectivity index (χ2v) is 7.15. The molecule has 0 saturated heterocycles. The zero-order valence-corrected chi connectivity index (χ0v) is 15.5. The van der Waals surface area contributed by atoms with E-state index in [-0.39, 0.29) is 11.9 Å². The summed E-state index contributed by atoms with van der Waals surface area (Å²) in [6, 6.07) is 18.8. The van der Waals surface area contributed by atoms with E-state index in [0.29, 0.717) is 0 Å². The number of aromatic nitrogens is 1. The topological polar surface area (TPSA) is 36.1 Å². The molecule has 26 heavy (non-hydrogen) atoms. The van der Waals surface area contributed by atoms with Crippen molar-refractivity contribution in [2.24, 2.45) is 0 Å². The summed E-state index contributed by atoms with van der Waals surface area (Å²) < 4.78 is 0. The first-order valence-corrected chi connectivity index (χ1v) is 9.17. The predicted octanol–water partition coefficient (Wildman–Crippen LogP) is 4.94. The van der Waals surface area contributed by atoms with Crippen LogP contribution in [0.1, 0.15) is 36.7 Å². The van der Waals surface area contributed by atoms with E-state index in [4.69, 9.17) is 0 Å². The van der Waals surface area contributed by atoms with E-state index in [2.05, 4.69) is 61.3 Å². The number of fused-ring (bicyclic) bond motifs is 1. The summed E-state index contributed by atoms with van der Waals surface area (Å²) in [6.45, 7) is 6.89. The van der Waals surface area contributed by atoms with Crippen LogP contribution < -0.4 is 0 Å². The standard InChI is InChI=1S/C23H24N2O/c1-15-16(2)23(26)25(14-13-18-9-5-4-6-10-18)22(15)21-17(3)24-20-12-8-7-11-19(20)21/h4-12,22,24H,13-14H2,1-3H3. The van der Waals surface area contributed by atoms with Crippen molar-refractivity contribution in [2.75, 3.05) is 6.54 Å². The maximum absolute atomic E-state index is 12.9. The molecule has 0 radical (unpaired) electrons. The quantitative estimate of drug-likeness (QED) is 0.715. The molecule has 132 valence electrons. The number of H-pyrrole nitrogens is 1. The molecule has 1 aliphatic heterocycles. The molecule has 0 fully saturated rings. The first-order chi connectivity index (χ1) is 12.6. The van der Waals surface area contributed by atoms with Gasteiger partial charge in [-0.05, 0) is 44.4 Å². The van der Waals surface area contributed by atoms with Gasteiger partial charge in [-0.15, -0.1) is 0 Å².